The lowest BCUT2D eigenvalue weighted by atomic mass is 9.94. The van der Waals surface area contributed by atoms with Crippen LogP contribution < -0.4 is 5.32 Å². The molecule has 0 unspecified atom stereocenters. The van der Waals surface area contributed by atoms with Crippen LogP contribution in [0.4, 0.5) is 13.2 Å². The van der Waals surface area contributed by atoms with E-state index in [1.807, 2.05) is 13.8 Å². The van der Waals surface area contributed by atoms with Gasteiger partial charge < -0.3 is 5.32 Å². The molecule has 1 saturated heterocycles. The van der Waals surface area contributed by atoms with E-state index < -0.39 is 17.5 Å². The Hall–Kier alpha value is -0.490. The Morgan fingerprint density at radius 2 is 1.55 bits per heavy atom. The Balaban J connectivity index is 0.00000220. The molecule has 1 heterocycles. The molecule has 1 N–H and O–H groups in total. The van der Waals surface area contributed by atoms with Gasteiger partial charge in [-0.2, -0.15) is 0 Å². The van der Waals surface area contributed by atoms with Crippen molar-refractivity contribution >= 4 is 24.8 Å². The first-order valence-corrected chi connectivity index (χ1v) is 7.08. The predicted molar refractivity (Wildman–Crippen MR) is 87.5 cm³/mol. The summed E-state index contributed by atoms with van der Waals surface area (Å²) in [5, 5.41) is 3.24. The number of hydrogen-bond donors (Lipinski definition) is 1. The lowest BCUT2D eigenvalue weighted by Crippen LogP contribution is -2.45. The van der Waals surface area contributed by atoms with Crippen molar-refractivity contribution < 1.29 is 13.2 Å². The number of hydrogen-bond acceptors (Lipinski definition) is 2. The van der Waals surface area contributed by atoms with E-state index in [0.717, 1.165) is 38.7 Å². The van der Waals surface area contributed by atoms with E-state index in [0.29, 0.717) is 12.0 Å². The summed E-state index contributed by atoms with van der Waals surface area (Å²) in [5.41, 5.74) is 0.263. The maximum atomic E-state index is 14.0. The maximum absolute atomic E-state index is 14.0. The average Bonchev–Trinajstić information content (AvgIpc) is 2.41. The summed E-state index contributed by atoms with van der Waals surface area (Å²) in [6.45, 7) is 7.34. The van der Waals surface area contributed by atoms with Gasteiger partial charge in [0.1, 0.15) is 5.82 Å². The zero-order valence-electron chi connectivity index (χ0n) is 12.7. The molecule has 2 nitrogen and oxygen atoms in total. The minimum atomic E-state index is -1.13. The number of nitrogens with zero attached hydrogens (tertiary/aromatic N) is 1. The van der Waals surface area contributed by atoms with E-state index in [-0.39, 0.29) is 36.4 Å². The van der Waals surface area contributed by atoms with Gasteiger partial charge in [0.2, 0.25) is 0 Å². The molecule has 0 spiro atoms. The molecule has 1 atom stereocenters. The molecule has 1 aromatic carbocycles. The number of benzene rings is 1. The third-order valence-corrected chi connectivity index (χ3v) is 3.69. The number of piperazine rings is 1. The number of halogens is 5. The highest BCUT2D eigenvalue weighted by Crippen LogP contribution is 2.31. The second-order valence-electron chi connectivity index (χ2n) is 5.72. The third-order valence-electron chi connectivity index (χ3n) is 3.69. The average molecular weight is 359 g/mol. The van der Waals surface area contributed by atoms with Crippen LogP contribution in [0.25, 0.3) is 0 Å². The first-order chi connectivity index (χ1) is 9.49. The van der Waals surface area contributed by atoms with Crippen molar-refractivity contribution in [2.24, 2.45) is 5.92 Å². The van der Waals surface area contributed by atoms with Crippen LogP contribution in [0.3, 0.4) is 0 Å². The molecule has 1 fully saturated rings. The van der Waals surface area contributed by atoms with Crippen LogP contribution in [-0.4, -0.2) is 31.1 Å². The SMILES string of the molecule is CC(C)C[C@H](c1cc(F)c(F)cc1F)N1CCNCC1.Cl.Cl. The van der Waals surface area contributed by atoms with Gasteiger partial charge in [-0.05, 0) is 18.4 Å². The van der Waals surface area contributed by atoms with Crippen molar-refractivity contribution in [1.82, 2.24) is 10.2 Å². The van der Waals surface area contributed by atoms with Gasteiger partial charge in [0.25, 0.3) is 0 Å². The van der Waals surface area contributed by atoms with Crippen LogP contribution in [0, 0.1) is 23.4 Å². The Morgan fingerprint density at radius 1 is 1.00 bits per heavy atom. The highest BCUT2D eigenvalue weighted by molar-refractivity contribution is 5.85. The second-order valence-corrected chi connectivity index (χ2v) is 5.72. The summed E-state index contributed by atoms with van der Waals surface area (Å²) in [6, 6.07) is 1.46. The zero-order valence-corrected chi connectivity index (χ0v) is 14.4. The fourth-order valence-corrected chi connectivity index (χ4v) is 2.71. The van der Waals surface area contributed by atoms with E-state index in [2.05, 4.69) is 10.2 Å². The van der Waals surface area contributed by atoms with Gasteiger partial charge >= 0.3 is 0 Å². The van der Waals surface area contributed by atoms with E-state index in [1.54, 1.807) is 0 Å². The van der Waals surface area contributed by atoms with Crippen LogP contribution in [0.2, 0.25) is 0 Å². The quantitative estimate of drug-likeness (QED) is 0.820. The summed E-state index contributed by atoms with van der Waals surface area (Å²) in [5.74, 6) is -2.42. The molecule has 1 aliphatic heterocycles. The largest absolute Gasteiger partial charge is 0.314 e. The Kier molecular flexibility index (Phi) is 9.39. The topological polar surface area (TPSA) is 15.3 Å². The standard InChI is InChI=1S/C15H21F3N2.2ClH/c1-10(2)7-15(20-5-3-19-4-6-20)11-8-13(17)14(18)9-12(11)16;;/h8-10,15,19H,3-7H2,1-2H3;2*1H/t15-;;/m1../s1. The monoisotopic (exact) mass is 358 g/mol. The highest BCUT2D eigenvalue weighted by atomic mass is 35.5. The van der Waals surface area contributed by atoms with E-state index in [9.17, 15) is 13.2 Å². The van der Waals surface area contributed by atoms with Gasteiger partial charge in [-0.1, -0.05) is 13.8 Å². The van der Waals surface area contributed by atoms with Crippen molar-refractivity contribution in [2.45, 2.75) is 26.3 Å². The Morgan fingerprint density at radius 3 is 2.09 bits per heavy atom. The first kappa shape index (κ1) is 21.5. The molecule has 0 saturated carbocycles. The summed E-state index contributed by atoms with van der Waals surface area (Å²) in [4.78, 5) is 2.15. The molecule has 2 rings (SSSR count). The molecule has 0 bridgehead atoms. The highest BCUT2D eigenvalue weighted by Gasteiger charge is 2.26. The lowest BCUT2D eigenvalue weighted by Gasteiger charge is -2.36. The summed E-state index contributed by atoms with van der Waals surface area (Å²) < 4.78 is 40.6. The summed E-state index contributed by atoms with van der Waals surface area (Å²) in [6.07, 6.45) is 0.724. The Labute approximate surface area is 142 Å². The van der Waals surface area contributed by atoms with Crippen molar-refractivity contribution in [3.8, 4) is 0 Å². The molecule has 1 aromatic rings. The molecule has 22 heavy (non-hydrogen) atoms. The van der Waals surface area contributed by atoms with E-state index >= 15 is 0 Å². The number of nitrogens with one attached hydrogen (secondary N) is 1. The van der Waals surface area contributed by atoms with Crippen LogP contribution in [0.1, 0.15) is 31.9 Å². The van der Waals surface area contributed by atoms with Crippen molar-refractivity contribution in [3.05, 3.63) is 35.1 Å². The third kappa shape index (κ3) is 5.30. The molecule has 128 valence electrons. The predicted octanol–water partition coefficient (Wildman–Crippen LogP) is 3.94. The van der Waals surface area contributed by atoms with Gasteiger partial charge in [0.05, 0.1) is 0 Å². The molecule has 1 aliphatic rings. The molecule has 0 aliphatic carbocycles. The molecular formula is C15H23Cl2F3N2. The van der Waals surface area contributed by atoms with Crippen molar-refractivity contribution in [3.63, 3.8) is 0 Å². The van der Waals surface area contributed by atoms with Crippen LogP contribution in [-0.2, 0) is 0 Å². The zero-order chi connectivity index (χ0) is 14.7. The van der Waals surface area contributed by atoms with Crippen LogP contribution in [0.15, 0.2) is 12.1 Å². The lowest BCUT2D eigenvalue weighted by molar-refractivity contribution is 0.150. The fraction of sp³-hybridized carbons (Fsp3) is 0.600. The minimum Gasteiger partial charge on any atom is -0.314 e. The smallest absolute Gasteiger partial charge is 0.161 e. The Bertz CT molecular complexity index is 466. The maximum Gasteiger partial charge on any atom is 0.161 e. The fourth-order valence-electron chi connectivity index (χ4n) is 2.71. The van der Waals surface area contributed by atoms with Gasteiger partial charge in [-0.15, -0.1) is 24.8 Å². The van der Waals surface area contributed by atoms with Crippen LogP contribution in [0.5, 0.6) is 0 Å². The summed E-state index contributed by atoms with van der Waals surface area (Å²) in [7, 11) is 0. The van der Waals surface area contributed by atoms with Gasteiger partial charge in [-0.25, -0.2) is 13.2 Å². The van der Waals surface area contributed by atoms with Gasteiger partial charge in [0, 0.05) is 43.9 Å². The molecule has 0 amide bonds. The molecule has 0 aromatic heterocycles. The second kappa shape index (κ2) is 9.60. The van der Waals surface area contributed by atoms with E-state index in [4.69, 9.17) is 0 Å². The minimum absolute atomic E-state index is 0. The first-order valence-electron chi connectivity index (χ1n) is 7.08. The van der Waals surface area contributed by atoms with E-state index in [1.165, 1.54) is 0 Å². The summed E-state index contributed by atoms with van der Waals surface area (Å²) >= 11 is 0. The normalized spacial score (nSPS) is 16.8. The number of rotatable bonds is 4. The van der Waals surface area contributed by atoms with Gasteiger partial charge in [-0.3, -0.25) is 4.90 Å². The molecular weight excluding hydrogens is 336 g/mol. The van der Waals surface area contributed by atoms with Crippen molar-refractivity contribution in [2.75, 3.05) is 26.2 Å². The van der Waals surface area contributed by atoms with Gasteiger partial charge in [0.15, 0.2) is 11.6 Å². The van der Waals surface area contributed by atoms with Crippen molar-refractivity contribution in [1.29, 1.82) is 0 Å². The molecule has 7 heteroatoms. The van der Waals surface area contributed by atoms with Crippen LogP contribution >= 0.6 is 24.8 Å². The molecule has 0 radical (unpaired) electrons.